The zero-order valence-corrected chi connectivity index (χ0v) is 12.5. The van der Waals surface area contributed by atoms with E-state index in [-0.39, 0.29) is 29.3 Å². The highest BCUT2D eigenvalue weighted by atomic mass is 32.2. The Morgan fingerprint density at radius 2 is 2.19 bits per heavy atom. The van der Waals surface area contributed by atoms with Gasteiger partial charge in [-0.1, -0.05) is 6.07 Å². The number of hydrogen-bond acceptors (Lipinski definition) is 5. The largest absolute Gasteiger partial charge is 0.390 e. The van der Waals surface area contributed by atoms with Gasteiger partial charge < -0.3 is 15.7 Å². The van der Waals surface area contributed by atoms with Gasteiger partial charge in [0.15, 0.2) is 5.03 Å². The maximum absolute atomic E-state index is 12.5. The lowest BCUT2D eigenvalue weighted by Crippen LogP contribution is -2.45. The summed E-state index contributed by atoms with van der Waals surface area (Å²) in [4.78, 5) is 16.5. The van der Waals surface area contributed by atoms with Crippen LogP contribution >= 0.6 is 0 Å². The molecule has 3 N–H and O–H groups in total. The highest BCUT2D eigenvalue weighted by Crippen LogP contribution is 2.31. The summed E-state index contributed by atoms with van der Waals surface area (Å²) in [7, 11) is -3.83. The van der Waals surface area contributed by atoms with E-state index >= 15 is 0 Å². The van der Waals surface area contributed by atoms with E-state index in [4.69, 9.17) is 5.73 Å². The number of primary amides is 1. The highest BCUT2D eigenvalue weighted by Gasteiger charge is 2.40. The topological polar surface area (TPSA) is 114 Å². The number of β-amino-alcohol motifs (C(OH)–C–C–N with tert-alkyl or cyclic N) is 1. The summed E-state index contributed by atoms with van der Waals surface area (Å²) in [6.07, 6.45) is 0.704. The summed E-state index contributed by atoms with van der Waals surface area (Å²) in [6, 6.07) is 3.67. The van der Waals surface area contributed by atoms with Crippen LogP contribution in [-0.4, -0.2) is 48.1 Å². The van der Waals surface area contributed by atoms with Crippen LogP contribution in [0.15, 0.2) is 29.4 Å². The first-order valence-electron chi connectivity index (χ1n) is 6.60. The van der Waals surface area contributed by atoms with E-state index in [0.717, 1.165) is 0 Å². The summed E-state index contributed by atoms with van der Waals surface area (Å²) < 4.78 is 25.1. The molecule has 2 heterocycles. The first kappa shape index (κ1) is 15.7. The van der Waals surface area contributed by atoms with Crippen molar-refractivity contribution >= 4 is 15.9 Å². The lowest BCUT2D eigenvalue weighted by Gasteiger charge is -2.26. The predicted molar refractivity (Wildman–Crippen MR) is 75.7 cm³/mol. The maximum atomic E-state index is 12.5. The van der Waals surface area contributed by atoms with Gasteiger partial charge in [0.1, 0.15) is 5.25 Å². The number of hydrogen-bond donors (Lipinski definition) is 2. The van der Waals surface area contributed by atoms with E-state index in [0.29, 0.717) is 6.42 Å². The number of aliphatic hydroxyl groups excluding tert-OH is 1. The molecular weight excluding hydrogens is 294 g/mol. The van der Waals surface area contributed by atoms with Gasteiger partial charge in [-0.25, -0.2) is 18.2 Å². The number of nitrogens with zero attached hydrogens (tertiary/aromatic N) is 2. The Hall–Kier alpha value is -1.67. The van der Waals surface area contributed by atoms with E-state index in [1.165, 1.54) is 17.2 Å². The molecule has 8 heteroatoms. The minimum absolute atomic E-state index is 0.0169. The molecule has 2 amide bonds. The molecule has 21 heavy (non-hydrogen) atoms. The van der Waals surface area contributed by atoms with Crippen LogP contribution in [0.5, 0.6) is 0 Å². The number of carbonyl (C=O) groups is 1. The van der Waals surface area contributed by atoms with Gasteiger partial charge in [0, 0.05) is 12.2 Å². The molecule has 1 aliphatic heterocycles. The van der Waals surface area contributed by atoms with Crippen molar-refractivity contribution in [1.29, 1.82) is 0 Å². The van der Waals surface area contributed by atoms with Gasteiger partial charge in [-0.05, 0) is 31.9 Å². The molecule has 7 nitrogen and oxygen atoms in total. The van der Waals surface area contributed by atoms with Crippen molar-refractivity contribution in [2.75, 3.05) is 6.54 Å². The van der Waals surface area contributed by atoms with Gasteiger partial charge in [-0.15, -0.1) is 0 Å². The van der Waals surface area contributed by atoms with Gasteiger partial charge in [-0.2, -0.15) is 0 Å². The molecule has 2 rings (SSSR count). The molecule has 0 saturated carbocycles. The zero-order valence-electron chi connectivity index (χ0n) is 11.6. The van der Waals surface area contributed by atoms with E-state index in [1.807, 2.05) is 0 Å². The Morgan fingerprint density at radius 1 is 1.48 bits per heavy atom. The molecule has 1 saturated heterocycles. The van der Waals surface area contributed by atoms with E-state index < -0.39 is 22.0 Å². The quantitative estimate of drug-likeness (QED) is 0.816. The van der Waals surface area contributed by atoms with Crippen LogP contribution in [0, 0.1) is 5.25 Å². The number of sulfone groups is 1. The van der Waals surface area contributed by atoms with Crippen LogP contribution < -0.4 is 5.73 Å². The average Bonchev–Trinajstić information content (AvgIpc) is 2.59. The number of pyridine rings is 1. The summed E-state index contributed by atoms with van der Waals surface area (Å²) >= 11 is 0. The number of nitrogens with two attached hydrogens (primary N) is 1. The minimum atomic E-state index is -3.83. The molecule has 0 bridgehead atoms. The van der Waals surface area contributed by atoms with Crippen molar-refractivity contribution in [2.24, 2.45) is 5.73 Å². The fraction of sp³-hybridized carbons (Fsp3) is 0.462. The Balaban J connectivity index is 2.30. The third-order valence-corrected chi connectivity index (χ3v) is 5.58. The third kappa shape index (κ3) is 3.16. The lowest BCUT2D eigenvalue weighted by atomic mass is 10.1. The van der Waals surface area contributed by atoms with Gasteiger partial charge in [0.2, 0.25) is 9.84 Å². The standard InChI is InChI=1S/C13H18N3O4S/c1-9-5-6-11(10(17)8-16(9)13(14)18)21(19,20)12-4-2-3-7-15-12/h2-4,7,9-10,17H,5-6,8H2,1H3,(H2,14,18)/t9-,10?/m1/s1. The fourth-order valence-electron chi connectivity index (χ4n) is 2.40. The summed E-state index contributed by atoms with van der Waals surface area (Å²) in [5.74, 6) is 0. The monoisotopic (exact) mass is 312 g/mol. The van der Waals surface area contributed by atoms with Crippen LogP contribution in [0.3, 0.4) is 0 Å². The van der Waals surface area contributed by atoms with Gasteiger partial charge in [0.25, 0.3) is 0 Å². The second-order valence-corrected chi connectivity index (χ2v) is 6.98. The normalized spacial score (nSPS) is 24.6. The number of urea groups is 1. The first-order valence-corrected chi connectivity index (χ1v) is 8.08. The Labute approximate surface area is 123 Å². The number of carbonyl (C=O) groups excluding carboxylic acids is 1. The molecule has 1 aromatic heterocycles. The molecular formula is C13H18N3O4S. The van der Waals surface area contributed by atoms with Crippen LogP contribution in [0.2, 0.25) is 0 Å². The molecule has 2 atom stereocenters. The van der Waals surface area contributed by atoms with E-state index in [9.17, 15) is 18.3 Å². The fourth-order valence-corrected chi connectivity index (χ4v) is 3.95. The van der Waals surface area contributed by atoms with Gasteiger partial charge in [0.05, 0.1) is 12.6 Å². The zero-order chi connectivity index (χ0) is 15.6. The number of rotatable bonds is 2. The molecule has 1 aromatic rings. The summed E-state index contributed by atoms with van der Waals surface area (Å²) in [5.41, 5.74) is 5.26. The smallest absolute Gasteiger partial charge is 0.315 e. The van der Waals surface area contributed by atoms with Crippen LogP contribution in [0.4, 0.5) is 4.79 Å². The minimum Gasteiger partial charge on any atom is -0.390 e. The average molecular weight is 312 g/mol. The van der Waals surface area contributed by atoms with E-state index in [1.54, 1.807) is 19.1 Å². The van der Waals surface area contributed by atoms with Crippen LogP contribution in [0.25, 0.3) is 0 Å². The second kappa shape index (κ2) is 5.98. The van der Waals surface area contributed by atoms with Crippen molar-refractivity contribution in [2.45, 2.75) is 36.9 Å². The number of amides is 2. The van der Waals surface area contributed by atoms with Crippen molar-refractivity contribution < 1.29 is 18.3 Å². The molecule has 115 valence electrons. The second-order valence-electron chi connectivity index (χ2n) is 5.03. The Morgan fingerprint density at radius 3 is 2.76 bits per heavy atom. The molecule has 1 aliphatic rings. The molecule has 0 aliphatic carbocycles. The Bertz CT molecular complexity index is 605. The van der Waals surface area contributed by atoms with Crippen molar-refractivity contribution in [3.8, 4) is 0 Å². The van der Waals surface area contributed by atoms with Crippen molar-refractivity contribution in [3.05, 3.63) is 29.6 Å². The Kier molecular flexibility index (Phi) is 4.48. The molecule has 0 spiro atoms. The number of likely N-dealkylation sites (tertiary alicyclic amines) is 1. The lowest BCUT2D eigenvalue weighted by molar-refractivity contribution is 0.134. The molecule has 1 fully saturated rings. The predicted octanol–water partition coefficient (Wildman–Crippen LogP) is 0.311. The van der Waals surface area contributed by atoms with E-state index in [2.05, 4.69) is 4.98 Å². The SMILES string of the molecule is C[C@@H]1CC[C](S(=O)(=O)c2ccccn2)C(O)CN1C(N)=O. The maximum Gasteiger partial charge on any atom is 0.315 e. The first-order chi connectivity index (χ1) is 9.84. The summed E-state index contributed by atoms with van der Waals surface area (Å²) in [5, 5.41) is 10.1. The molecule has 1 unspecified atom stereocenters. The van der Waals surface area contributed by atoms with Crippen molar-refractivity contribution in [3.63, 3.8) is 0 Å². The molecule has 1 radical (unpaired) electrons. The number of aromatic nitrogens is 1. The van der Waals surface area contributed by atoms with Crippen LogP contribution in [0.1, 0.15) is 19.8 Å². The number of aliphatic hydroxyl groups is 1. The summed E-state index contributed by atoms with van der Waals surface area (Å²) in [6.45, 7) is 1.64. The highest BCUT2D eigenvalue weighted by molar-refractivity contribution is 7.94. The van der Waals surface area contributed by atoms with Crippen molar-refractivity contribution in [1.82, 2.24) is 9.88 Å². The van der Waals surface area contributed by atoms with Crippen LogP contribution in [-0.2, 0) is 9.84 Å². The molecule has 0 aromatic carbocycles. The van der Waals surface area contributed by atoms with Gasteiger partial charge in [-0.3, -0.25) is 0 Å². The third-order valence-electron chi connectivity index (χ3n) is 3.62. The van der Waals surface area contributed by atoms with Gasteiger partial charge >= 0.3 is 6.03 Å².